The van der Waals surface area contributed by atoms with Crippen molar-refractivity contribution in [3.63, 3.8) is 0 Å². The molecule has 0 radical (unpaired) electrons. The molecule has 0 saturated carbocycles. The van der Waals surface area contributed by atoms with Crippen molar-refractivity contribution in [1.29, 1.82) is 0 Å². The van der Waals surface area contributed by atoms with Crippen LogP contribution in [0.5, 0.6) is 5.75 Å². The van der Waals surface area contributed by atoms with Crippen LogP contribution in [-0.4, -0.2) is 24.4 Å². The summed E-state index contributed by atoms with van der Waals surface area (Å²) in [4.78, 5) is 25.4. The minimum Gasteiger partial charge on any atom is -0.497 e. The molecule has 0 heterocycles. The number of anilines is 2. The molecule has 0 fully saturated rings. The van der Waals surface area contributed by atoms with E-state index in [4.69, 9.17) is 17.0 Å². The smallest absolute Gasteiger partial charge is 0.251 e. The fourth-order valence-corrected chi connectivity index (χ4v) is 3.79. The molecule has 0 aliphatic heterocycles. The predicted molar refractivity (Wildman–Crippen MR) is 134 cm³/mol. The Morgan fingerprint density at radius 3 is 2.41 bits per heavy atom. The second-order valence-corrected chi connectivity index (χ2v) is 7.86. The van der Waals surface area contributed by atoms with Crippen LogP contribution in [0.2, 0.25) is 0 Å². The Morgan fingerprint density at radius 1 is 1.00 bits per heavy atom. The molecule has 3 N–H and O–H groups in total. The van der Waals surface area contributed by atoms with Crippen LogP contribution in [0.25, 0.3) is 0 Å². The fraction of sp³-hybridized carbons (Fsp3) is 0.130. The highest BCUT2D eigenvalue weighted by Gasteiger charge is 2.22. The minimum atomic E-state index is -0.767. The van der Waals surface area contributed by atoms with Crippen molar-refractivity contribution in [1.82, 2.24) is 5.32 Å². The molecule has 0 aromatic heterocycles. The third-order valence-corrected chi connectivity index (χ3v) is 5.60. The van der Waals surface area contributed by atoms with Crippen molar-refractivity contribution < 1.29 is 9.53 Å². The lowest BCUT2D eigenvalue weighted by atomic mass is 10.1. The maximum absolute atomic E-state index is 13.2. The number of carbonyl (C=O) groups excluding carboxylic acids is 1. The number of benzene rings is 3. The molecule has 1 unspecified atom stereocenters. The first kappa shape index (κ1) is 23.2. The summed E-state index contributed by atoms with van der Waals surface area (Å²) >= 11 is 6.98. The molecule has 7 nitrogen and oxygen atoms in total. The maximum atomic E-state index is 13.2. The molecule has 3 rings (SSSR count). The molecule has 3 aromatic carbocycles. The zero-order valence-corrected chi connectivity index (χ0v) is 19.1. The van der Waals surface area contributed by atoms with Gasteiger partial charge < -0.3 is 20.7 Å². The first-order valence-electron chi connectivity index (χ1n) is 9.63. The van der Waals surface area contributed by atoms with Crippen LogP contribution in [0.3, 0.4) is 0 Å². The molecule has 0 saturated heterocycles. The predicted octanol–water partition coefficient (Wildman–Crippen LogP) is 5.48. The zero-order valence-electron chi connectivity index (χ0n) is 17.5. The van der Waals surface area contributed by atoms with E-state index in [1.165, 1.54) is 13.2 Å². The molecule has 0 bridgehead atoms. The number of methoxy groups -OCH3 is 1. The average molecular weight is 467 g/mol. The lowest BCUT2D eigenvalue weighted by Gasteiger charge is -2.22. The first-order chi connectivity index (χ1) is 15.5. The molecular formula is C23H22N4O3S2. The summed E-state index contributed by atoms with van der Waals surface area (Å²) in [5.74, 6) is 0.225. The Hall–Kier alpha value is -3.43. The van der Waals surface area contributed by atoms with Crippen molar-refractivity contribution in [2.45, 2.75) is 10.9 Å². The van der Waals surface area contributed by atoms with E-state index >= 15 is 0 Å². The molecular weight excluding hydrogens is 444 g/mol. The number of nitrogens with one attached hydrogen (secondary N) is 3. The second kappa shape index (κ2) is 11.3. The number of hydrogen-bond acceptors (Lipinski definition) is 6. The Balaban J connectivity index is 1.81. The third kappa shape index (κ3) is 5.83. The number of ether oxygens (including phenoxy) is 1. The van der Waals surface area contributed by atoms with Gasteiger partial charge in [-0.1, -0.05) is 42.5 Å². The summed E-state index contributed by atoms with van der Waals surface area (Å²) in [6.45, 7) is 0. The Bertz CT molecular complexity index is 1110. The van der Waals surface area contributed by atoms with Crippen LogP contribution in [0.15, 0.2) is 82.9 Å². The lowest BCUT2D eigenvalue weighted by Crippen LogP contribution is -2.39. The van der Waals surface area contributed by atoms with Gasteiger partial charge in [-0.15, -0.1) is 16.7 Å². The molecule has 32 heavy (non-hydrogen) atoms. The minimum absolute atomic E-state index is 0.142. The van der Waals surface area contributed by atoms with Crippen molar-refractivity contribution in [3.8, 4) is 5.75 Å². The van der Waals surface area contributed by atoms with E-state index in [1.807, 2.05) is 60.9 Å². The number of para-hydroxylation sites is 1. The van der Waals surface area contributed by atoms with E-state index in [2.05, 4.69) is 21.1 Å². The molecule has 0 spiro atoms. The topological polar surface area (TPSA) is 91.8 Å². The van der Waals surface area contributed by atoms with Crippen molar-refractivity contribution in [2.24, 2.45) is 5.18 Å². The average Bonchev–Trinajstić information content (AvgIpc) is 2.83. The Kier molecular flexibility index (Phi) is 8.18. The van der Waals surface area contributed by atoms with Crippen LogP contribution < -0.4 is 20.7 Å². The Morgan fingerprint density at radius 2 is 1.72 bits per heavy atom. The first-order valence-corrected chi connectivity index (χ1v) is 11.3. The second-order valence-electron chi connectivity index (χ2n) is 6.61. The van der Waals surface area contributed by atoms with Gasteiger partial charge in [0, 0.05) is 11.0 Å². The number of rotatable bonds is 8. The Labute approximate surface area is 195 Å². The highest BCUT2D eigenvalue weighted by Crippen LogP contribution is 2.30. The molecule has 3 aromatic rings. The number of thiocarbonyl (C=S) groups is 1. The highest BCUT2D eigenvalue weighted by molar-refractivity contribution is 7.98. The van der Waals surface area contributed by atoms with E-state index < -0.39 is 6.04 Å². The van der Waals surface area contributed by atoms with E-state index in [0.29, 0.717) is 17.1 Å². The van der Waals surface area contributed by atoms with Gasteiger partial charge in [0.25, 0.3) is 5.91 Å². The molecule has 1 amide bonds. The number of amides is 1. The number of nitrogens with zero attached hydrogens (tertiary/aromatic N) is 1. The summed E-state index contributed by atoms with van der Waals surface area (Å²) in [6.07, 6.45) is 1.95. The van der Waals surface area contributed by atoms with E-state index in [-0.39, 0.29) is 16.7 Å². The van der Waals surface area contributed by atoms with Gasteiger partial charge in [-0.3, -0.25) is 4.79 Å². The standard InChI is InChI=1S/C23H22N4O3S2/c1-30-16-12-13-17(19(14-16)27-29)25-23(31)26-21(15-8-4-3-5-9-15)22(28)24-18-10-6-7-11-20(18)32-2/h3-14,21H,1-2H3,(H,24,28)(H2,25,26,31). The summed E-state index contributed by atoms with van der Waals surface area (Å²) in [5, 5.41) is 12.1. The summed E-state index contributed by atoms with van der Waals surface area (Å²) in [5.41, 5.74) is 2.00. The van der Waals surface area contributed by atoms with Crippen LogP contribution in [0, 0.1) is 4.91 Å². The number of carbonyl (C=O) groups is 1. The van der Waals surface area contributed by atoms with E-state index in [0.717, 1.165) is 10.5 Å². The van der Waals surface area contributed by atoms with Gasteiger partial charge in [0.1, 0.15) is 17.5 Å². The van der Waals surface area contributed by atoms with Gasteiger partial charge in [0.15, 0.2) is 5.11 Å². The van der Waals surface area contributed by atoms with Gasteiger partial charge in [-0.05, 0) is 53.5 Å². The lowest BCUT2D eigenvalue weighted by molar-refractivity contribution is -0.117. The third-order valence-electron chi connectivity index (χ3n) is 4.59. The fourth-order valence-electron chi connectivity index (χ4n) is 3.01. The maximum Gasteiger partial charge on any atom is 0.251 e. The van der Waals surface area contributed by atoms with Crippen LogP contribution >= 0.6 is 24.0 Å². The molecule has 9 heteroatoms. The number of nitroso groups, excluding NO2 is 1. The normalized spacial score (nSPS) is 11.2. The van der Waals surface area contributed by atoms with Crippen LogP contribution in [0.4, 0.5) is 17.1 Å². The van der Waals surface area contributed by atoms with Crippen molar-refractivity contribution in [3.05, 3.63) is 83.3 Å². The van der Waals surface area contributed by atoms with Crippen molar-refractivity contribution in [2.75, 3.05) is 24.0 Å². The summed E-state index contributed by atoms with van der Waals surface area (Å²) in [7, 11) is 1.50. The van der Waals surface area contributed by atoms with Gasteiger partial charge >= 0.3 is 0 Å². The summed E-state index contributed by atoms with van der Waals surface area (Å²) in [6, 6.07) is 20.9. The van der Waals surface area contributed by atoms with Gasteiger partial charge in [0.2, 0.25) is 0 Å². The van der Waals surface area contributed by atoms with E-state index in [1.54, 1.807) is 23.9 Å². The van der Waals surface area contributed by atoms with Gasteiger partial charge in [-0.2, -0.15) is 0 Å². The van der Waals surface area contributed by atoms with Crippen LogP contribution in [-0.2, 0) is 4.79 Å². The van der Waals surface area contributed by atoms with Gasteiger partial charge in [-0.25, -0.2) is 0 Å². The van der Waals surface area contributed by atoms with E-state index in [9.17, 15) is 9.70 Å². The quantitative estimate of drug-likeness (QED) is 0.230. The zero-order chi connectivity index (χ0) is 22.9. The summed E-state index contributed by atoms with van der Waals surface area (Å²) < 4.78 is 5.12. The number of thioether (sulfide) groups is 1. The van der Waals surface area contributed by atoms with Crippen molar-refractivity contribution >= 4 is 52.1 Å². The highest BCUT2D eigenvalue weighted by atomic mass is 32.2. The molecule has 164 valence electrons. The van der Waals surface area contributed by atoms with Crippen LogP contribution in [0.1, 0.15) is 11.6 Å². The van der Waals surface area contributed by atoms with Gasteiger partial charge in [0.05, 0.1) is 18.5 Å². The molecule has 0 aliphatic rings. The monoisotopic (exact) mass is 466 g/mol. The SMILES string of the molecule is COc1ccc(NC(=S)NC(C(=O)Nc2ccccc2SC)c2ccccc2)c(N=O)c1. The molecule has 0 aliphatic carbocycles. The molecule has 1 atom stereocenters. The number of hydrogen-bond donors (Lipinski definition) is 3. The largest absolute Gasteiger partial charge is 0.497 e.